The van der Waals surface area contributed by atoms with Gasteiger partial charge in [0.15, 0.2) is 0 Å². The molecule has 4 nitrogen and oxygen atoms in total. The monoisotopic (exact) mass is 519 g/mol. The lowest BCUT2D eigenvalue weighted by atomic mass is 9.90. The first-order chi connectivity index (χ1) is 18.4. The van der Waals surface area contributed by atoms with E-state index in [0.29, 0.717) is 38.0 Å². The van der Waals surface area contributed by atoms with Gasteiger partial charge in [-0.15, -0.1) is 0 Å². The van der Waals surface area contributed by atoms with Gasteiger partial charge in [0.25, 0.3) is 0 Å². The molecule has 0 saturated carbocycles. The fraction of sp³-hybridized carbons (Fsp3) is 0.323. The number of fused-ring (bicyclic) bond motifs is 5. The number of amides is 1. The van der Waals surface area contributed by atoms with Crippen LogP contribution in [-0.4, -0.2) is 42.9 Å². The van der Waals surface area contributed by atoms with Crippen molar-refractivity contribution in [1.29, 1.82) is 0 Å². The van der Waals surface area contributed by atoms with Crippen LogP contribution in [0.4, 0.5) is 18.0 Å². The fourth-order valence-corrected chi connectivity index (χ4v) is 6.03. The van der Waals surface area contributed by atoms with Gasteiger partial charge in [-0.1, -0.05) is 78.4 Å². The number of halogens is 3. The van der Waals surface area contributed by atoms with Gasteiger partial charge in [0.1, 0.15) is 6.61 Å². The lowest BCUT2D eigenvalue weighted by Crippen LogP contribution is -2.56. The summed E-state index contributed by atoms with van der Waals surface area (Å²) in [5.41, 5.74) is 5.87. The molecule has 2 atom stereocenters. The molecule has 1 fully saturated rings. The molecule has 3 aliphatic rings. The Balaban J connectivity index is 1.13. The van der Waals surface area contributed by atoms with Gasteiger partial charge in [0.2, 0.25) is 0 Å². The first kappa shape index (κ1) is 24.7. The maximum atomic E-state index is 13.3. The van der Waals surface area contributed by atoms with Gasteiger partial charge in [-0.25, -0.2) is 4.79 Å². The van der Waals surface area contributed by atoms with Gasteiger partial charge in [0, 0.05) is 5.92 Å². The molecule has 196 valence electrons. The summed E-state index contributed by atoms with van der Waals surface area (Å²) in [7, 11) is 0. The van der Waals surface area contributed by atoms with Gasteiger partial charge in [-0.3, -0.25) is 4.90 Å². The Morgan fingerprint density at radius 1 is 0.921 bits per heavy atom. The van der Waals surface area contributed by atoms with Crippen molar-refractivity contribution in [2.45, 2.75) is 43.4 Å². The summed E-state index contributed by atoms with van der Waals surface area (Å²) in [5.74, 6) is -0.00852. The molecule has 2 heterocycles. The second-order valence-corrected chi connectivity index (χ2v) is 10.2. The van der Waals surface area contributed by atoms with Crippen molar-refractivity contribution < 1.29 is 27.4 Å². The van der Waals surface area contributed by atoms with E-state index in [1.165, 1.54) is 34.4 Å². The number of hydrogen-bond acceptors (Lipinski definition) is 3. The largest absolute Gasteiger partial charge is 0.448 e. The maximum absolute atomic E-state index is 13.3. The van der Waals surface area contributed by atoms with E-state index >= 15 is 0 Å². The van der Waals surface area contributed by atoms with Crippen LogP contribution in [-0.2, 0) is 22.1 Å². The van der Waals surface area contributed by atoms with Crippen molar-refractivity contribution in [1.82, 2.24) is 4.90 Å². The Kier molecular flexibility index (Phi) is 6.48. The number of morpholine rings is 1. The summed E-state index contributed by atoms with van der Waals surface area (Å²) < 4.78 is 50.9. The normalized spacial score (nSPS) is 20.5. The predicted molar refractivity (Wildman–Crippen MR) is 138 cm³/mol. The number of nitrogens with zero attached hydrogens (tertiary/aromatic N) is 1. The molecule has 2 aliphatic heterocycles. The summed E-state index contributed by atoms with van der Waals surface area (Å²) in [6.45, 7) is 1.06. The van der Waals surface area contributed by atoms with Crippen LogP contribution in [0, 0.1) is 0 Å². The number of aryl methyl sites for hydroxylation is 1. The molecule has 0 spiro atoms. The molecular formula is C31H28F3NO3. The SMILES string of the molecule is O=C(OCC1c2ccccc2-c2ccccc21)N1C2C=C(CCc3cccc(C(F)(F)F)c3)CC1COC2. The zero-order chi connectivity index (χ0) is 26.3. The van der Waals surface area contributed by atoms with Crippen LogP contribution in [0.1, 0.15) is 41.0 Å². The number of ether oxygens (including phenoxy) is 2. The number of alkyl halides is 3. The maximum Gasteiger partial charge on any atom is 0.416 e. The molecule has 3 aromatic rings. The Morgan fingerprint density at radius 2 is 1.63 bits per heavy atom. The summed E-state index contributed by atoms with van der Waals surface area (Å²) in [4.78, 5) is 15.1. The molecule has 7 heteroatoms. The average Bonchev–Trinajstić information content (AvgIpc) is 3.23. The molecule has 0 radical (unpaired) electrons. The van der Waals surface area contributed by atoms with E-state index in [4.69, 9.17) is 9.47 Å². The molecular weight excluding hydrogens is 491 g/mol. The van der Waals surface area contributed by atoms with Crippen LogP contribution in [0.3, 0.4) is 0 Å². The Morgan fingerprint density at radius 3 is 2.32 bits per heavy atom. The lowest BCUT2D eigenvalue weighted by Gasteiger charge is -2.44. The van der Waals surface area contributed by atoms with Gasteiger partial charge < -0.3 is 9.47 Å². The van der Waals surface area contributed by atoms with Gasteiger partial charge in [0.05, 0.1) is 30.9 Å². The van der Waals surface area contributed by atoms with Crippen LogP contribution in [0.2, 0.25) is 0 Å². The minimum atomic E-state index is -4.35. The highest BCUT2D eigenvalue weighted by molar-refractivity contribution is 5.79. The molecule has 38 heavy (non-hydrogen) atoms. The molecule has 1 saturated heterocycles. The Labute approximate surface area is 219 Å². The quantitative estimate of drug-likeness (QED) is 0.341. The third kappa shape index (κ3) is 4.71. The molecule has 0 aromatic heterocycles. The lowest BCUT2D eigenvalue weighted by molar-refractivity contribution is -0.137. The van der Waals surface area contributed by atoms with Crippen molar-refractivity contribution in [2.75, 3.05) is 19.8 Å². The Hall–Kier alpha value is -3.58. The highest BCUT2D eigenvalue weighted by Crippen LogP contribution is 2.44. The van der Waals surface area contributed by atoms with Crippen LogP contribution in [0.25, 0.3) is 11.1 Å². The highest BCUT2D eigenvalue weighted by Gasteiger charge is 2.39. The average molecular weight is 520 g/mol. The zero-order valence-corrected chi connectivity index (χ0v) is 20.8. The first-order valence-electron chi connectivity index (χ1n) is 13.0. The summed E-state index contributed by atoms with van der Waals surface area (Å²) in [6, 6.07) is 21.6. The molecule has 1 amide bonds. The van der Waals surface area contributed by atoms with E-state index in [2.05, 4.69) is 24.3 Å². The van der Waals surface area contributed by atoms with Crippen LogP contribution in [0.5, 0.6) is 0 Å². The van der Waals surface area contributed by atoms with E-state index in [1.807, 2.05) is 30.3 Å². The number of hydrogen-bond donors (Lipinski definition) is 0. The number of carbonyl (C=O) groups excluding carboxylic acids is 1. The third-order valence-electron chi connectivity index (χ3n) is 7.81. The minimum Gasteiger partial charge on any atom is -0.448 e. The number of carbonyl (C=O) groups is 1. The van der Waals surface area contributed by atoms with Crippen LogP contribution < -0.4 is 0 Å². The molecule has 2 unspecified atom stereocenters. The predicted octanol–water partition coefficient (Wildman–Crippen LogP) is 6.99. The van der Waals surface area contributed by atoms with Crippen molar-refractivity contribution in [3.05, 3.63) is 107 Å². The van der Waals surface area contributed by atoms with E-state index < -0.39 is 11.7 Å². The van der Waals surface area contributed by atoms with Gasteiger partial charge >= 0.3 is 12.3 Å². The smallest absolute Gasteiger partial charge is 0.416 e. The van der Waals surface area contributed by atoms with Gasteiger partial charge in [-0.05, 0) is 53.1 Å². The first-order valence-corrected chi connectivity index (χ1v) is 13.0. The molecule has 2 bridgehead atoms. The topological polar surface area (TPSA) is 38.8 Å². The van der Waals surface area contributed by atoms with E-state index in [0.717, 1.165) is 11.6 Å². The number of rotatable bonds is 5. The van der Waals surface area contributed by atoms with E-state index in [-0.39, 0.29) is 30.7 Å². The van der Waals surface area contributed by atoms with Crippen molar-refractivity contribution >= 4 is 6.09 Å². The van der Waals surface area contributed by atoms with Gasteiger partial charge in [-0.2, -0.15) is 13.2 Å². The number of benzene rings is 3. The van der Waals surface area contributed by atoms with E-state index in [1.54, 1.807) is 11.0 Å². The van der Waals surface area contributed by atoms with Crippen LogP contribution in [0.15, 0.2) is 84.4 Å². The summed E-state index contributed by atoms with van der Waals surface area (Å²) >= 11 is 0. The van der Waals surface area contributed by atoms with Crippen molar-refractivity contribution in [3.63, 3.8) is 0 Å². The zero-order valence-electron chi connectivity index (χ0n) is 20.8. The second-order valence-electron chi connectivity index (χ2n) is 10.2. The van der Waals surface area contributed by atoms with Crippen molar-refractivity contribution in [3.8, 4) is 11.1 Å². The fourth-order valence-electron chi connectivity index (χ4n) is 6.03. The molecule has 3 aromatic carbocycles. The minimum absolute atomic E-state index is 0.00852. The Bertz CT molecular complexity index is 1340. The van der Waals surface area contributed by atoms with Crippen molar-refractivity contribution in [2.24, 2.45) is 0 Å². The van der Waals surface area contributed by atoms with E-state index in [9.17, 15) is 18.0 Å². The highest BCUT2D eigenvalue weighted by atomic mass is 19.4. The third-order valence-corrected chi connectivity index (χ3v) is 7.81. The second kappa shape index (κ2) is 9.95. The molecule has 1 aliphatic carbocycles. The van der Waals surface area contributed by atoms with Crippen LogP contribution >= 0.6 is 0 Å². The summed E-state index contributed by atoms with van der Waals surface area (Å²) in [6.07, 6.45) is -0.880. The standard InChI is InChI=1S/C31H28F3NO3/c32-31(33,34)22-7-5-6-20(14-22)12-13-21-15-23-17-37-18-24(16-21)35(23)30(36)38-19-29-27-10-3-1-8-25(27)26-9-2-4-11-28(26)29/h1-11,14-15,23-24,29H,12-13,16-19H2. The molecule has 6 rings (SSSR count). The summed E-state index contributed by atoms with van der Waals surface area (Å²) in [5, 5.41) is 0. The molecule has 0 N–H and O–H groups in total.